The molecular weight excluding hydrogens is 214 g/mol. The molecule has 0 aliphatic carbocycles. The fourth-order valence-corrected chi connectivity index (χ4v) is 1.81. The van der Waals surface area contributed by atoms with E-state index in [9.17, 15) is 0 Å². The monoisotopic (exact) mass is 229 g/mol. The van der Waals surface area contributed by atoms with Crippen molar-refractivity contribution in [2.75, 3.05) is 13.1 Å². The molecule has 1 aromatic carbocycles. The quantitative estimate of drug-likeness (QED) is 0.645. The Bertz CT molecular complexity index is 551. The van der Waals surface area contributed by atoms with E-state index in [1.807, 2.05) is 12.1 Å². The van der Waals surface area contributed by atoms with Crippen LogP contribution >= 0.6 is 0 Å². The van der Waals surface area contributed by atoms with Gasteiger partial charge in [0.1, 0.15) is 5.52 Å². The number of nitrogens with one attached hydrogen (secondary N) is 1. The van der Waals surface area contributed by atoms with Gasteiger partial charge in [-0.1, -0.05) is 19.9 Å². The predicted molar refractivity (Wildman–Crippen MR) is 65.5 cm³/mol. The Kier molecular flexibility index (Phi) is 3.12. The van der Waals surface area contributed by atoms with Gasteiger partial charge in [-0.05, 0) is 17.7 Å². The second-order valence-electron chi connectivity index (χ2n) is 4.68. The van der Waals surface area contributed by atoms with Crippen molar-refractivity contribution in [3.63, 3.8) is 0 Å². The molecule has 4 heteroatoms. The normalized spacial score (nSPS) is 11.6. The van der Waals surface area contributed by atoms with Crippen molar-refractivity contribution < 1.29 is 4.42 Å². The largest absolute Gasteiger partial charge is 0.443 e. The maximum absolute atomic E-state index is 8.51. The summed E-state index contributed by atoms with van der Waals surface area (Å²) in [5.41, 5.74) is 2.80. The highest BCUT2D eigenvalue weighted by Crippen LogP contribution is 2.25. The van der Waals surface area contributed by atoms with Gasteiger partial charge in [0.15, 0.2) is 12.0 Å². The Hall–Kier alpha value is -1.86. The zero-order valence-electron chi connectivity index (χ0n) is 10.0. The van der Waals surface area contributed by atoms with Gasteiger partial charge in [-0.2, -0.15) is 5.26 Å². The predicted octanol–water partition coefficient (Wildman–Crippen LogP) is 2.22. The minimum atomic E-state index is -0.0438. The number of hydrogen-bond acceptors (Lipinski definition) is 4. The summed E-state index contributed by atoms with van der Waals surface area (Å²) in [5.74, 6) is 0. The lowest BCUT2D eigenvalue weighted by atomic mass is 9.84. The van der Waals surface area contributed by atoms with Crippen LogP contribution < -0.4 is 5.32 Å². The Balaban J connectivity index is 2.22. The van der Waals surface area contributed by atoms with Crippen LogP contribution in [0.2, 0.25) is 0 Å². The van der Waals surface area contributed by atoms with E-state index in [2.05, 4.69) is 36.3 Å². The lowest BCUT2D eigenvalue weighted by Gasteiger charge is -2.25. The number of hydrogen-bond donors (Lipinski definition) is 1. The van der Waals surface area contributed by atoms with Crippen LogP contribution in [0.15, 0.2) is 29.0 Å². The maximum Gasteiger partial charge on any atom is 0.181 e. The smallest absolute Gasteiger partial charge is 0.181 e. The molecule has 0 aliphatic heterocycles. The highest BCUT2D eigenvalue weighted by Gasteiger charge is 2.20. The number of benzene rings is 1. The third-order valence-electron chi connectivity index (χ3n) is 2.88. The summed E-state index contributed by atoms with van der Waals surface area (Å²) in [6.45, 7) is 5.39. The molecule has 0 radical (unpaired) electrons. The van der Waals surface area contributed by atoms with E-state index in [0.29, 0.717) is 6.54 Å². The van der Waals surface area contributed by atoms with Crippen LogP contribution in [0.1, 0.15) is 19.4 Å². The molecule has 1 heterocycles. The van der Waals surface area contributed by atoms with Crippen molar-refractivity contribution in [1.82, 2.24) is 10.3 Å². The molecule has 88 valence electrons. The van der Waals surface area contributed by atoms with E-state index in [-0.39, 0.29) is 5.41 Å². The first kappa shape index (κ1) is 11.6. The van der Waals surface area contributed by atoms with Gasteiger partial charge in [-0.3, -0.25) is 0 Å². The average Bonchev–Trinajstić information content (AvgIpc) is 2.76. The van der Waals surface area contributed by atoms with Crippen molar-refractivity contribution in [2.24, 2.45) is 0 Å². The zero-order chi connectivity index (χ0) is 12.3. The van der Waals surface area contributed by atoms with Gasteiger partial charge in [0.25, 0.3) is 0 Å². The van der Waals surface area contributed by atoms with Crippen LogP contribution in [0.5, 0.6) is 0 Å². The van der Waals surface area contributed by atoms with Gasteiger partial charge in [0, 0.05) is 12.0 Å². The van der Waals surface area contributed by atoms with Crippen LogP contribution in [0.4, 0.5) is 0 Å². The van der Waals surface area contributed by atoms with Crippen LogP contribution in [-0.4, -0.2) is 18.1 Å². The summed E-state index contributed by atoms with van der Waals surface area (Å²) in [7, 11) is 0. The first-order chi connectivity index (χ1) is 8.13. The molecule has 0 unspecified atom stereocenters. The topological polar surface area (TPSA) is 61.9 Å². The van der Waals surface area contributed by atoms with Gasteiger partial charge in [0.05, 0.1) is 12.6 Å². The minimum Gasteiger partial charge on any atom is -0.443 e. The number of nitriles is 1. The SMILES string of the molecule is CC(C)(CNCC#N)c1ccc2ncoc2c1. The molecule has 2 rings (SSSR count). The molecule has 17 heavy (non-hydrogen) atoms. The molecule has 1 aromatic heterocycles. The highest BCUT2D eigenvalue weighted by atomic mass is 16.3. The summed E-state index contributed by atoms with van der Waals surface area (Å²) < 4.78 is 5.30. The molecule has 0 saturated heterocycles. The molecule has 0 fully saturated rings. The first-order valence-corrected chi connectivity index (χ1v) is 5.55. The summed E-state index contributed by atoms with van der Waals surface area (Å²) in [5, 5.41) is 11.6. The van der Waals surface area contributed by atoms with Crippen LogP contribution in [0.25, 0.3) is 11.1 Å². The molecule has 0 saturated carbocycles. The van der Waals surface area contributed by atoms with E-state index in [1.54, 1.807) is 0 Å². The Labute approximate surface area is 100 Å². The molecule has 2 aromatic rings. The summed E-state index contributed by atoms with van der Waals surface area (Å²) in [6.07, 6.45) is 1.45. The van der Waals surface area contributed by atoms with Gasteiger partial charge in [0.2, 0.25) is 0 Å². The third kappa shape index (κ3) is 2.45. The Morgan fingerprint density at radius 3 is 3.06 bits per heavy atom. The molecule has 0 bridgehead atoms. The van der Waals surface area contributed by atoms with Crippen molar-refractivity contribution in [3.8, 4) is 6.07 Å². The lowest BCUT2D eigenvalue weighted by molar-refractivity contribution is 0.484. The zero-order valence-corrected chi connectivity index (χ0v) is 10.0. The van der Waals surface area contributed by atoms with E-state index >= 15 is 0 Å². The molecular formula is C13H15N3O. The fourth-order valence-electron chi connectivity index (χ4n) is 1.81. The van der Waals surface area contributed by atoms with Crippen molar-refractivity contribution in [3.05, 3.63) is 30.2 Å². The van der Waals surface area contributed by atoms with E-state index in [4.69, 9.17) is 9.68 Å². The minimum absolute atomic E-state index is 0.0438. The third-order valence-corrected chi connectivity index (χ3v) is 2.88. The number of nitrogens with zero attached hydrogens (tertiary/aromatic N) is 2. The molecule has 1 N–H and O–H groups in total. The number of oxazole rings is 1. The number of fused-ring (bicyclic) bond motifs is 1. The van der Waals surface area contributed by atoms with Crippen LogP contribution in [0.3, 0.4) is 0 Å². The molecule has 0 amide bonds. The van der Waals surface area contributed by atoms with Crippen LogP contribution in [-0.2, 0) is 5.41 Å². The lowest BCUT2D eigenvalue weighted by Crippen LogP contribution is -2.33. The van der Waals surface area contributed by atoms with Crippen LogP contribution in [0, 0.1) is 11.3 Å². The van der Waals surface area contributed by atoms with Crippen molar-refractivity contribution in [1.29, 1.82) is 5.26 Å². The summed E-state index contributed by atoms with van der Waals surface area (Å²) >= 11 is 0. The fraction of sp³-hybridized carbons (Fsp3) is 0.385. The van der Waals surface area contributed by atoms with Crippen molar-refractivity contribution in [2.45, 2.75) is 19.3 Å². The second-order valence-corrected chi connectivity index (χ2v) is 4.68. The highest BCUT2D eigenvalue weighted by molar-refractivity contribution is 5.73. The van der Waals surface area contributed by atoms with Gasteiger partial charge in [-0.15, -0.1) is 0 Å². The van der Waals surface area contributed by atoms with E-state index in [1.165, 1.54) is 12.0 Å². The summed E-state index contributed by atoms with van der Waals surface area (Å²) in [6, 6.07) is 8.10. The Morgan fingerprint density at radius 1 is 1.47 bits per heavy atom. The van der Waals surface area contributed by atoms with E-state index < -0.39 is 0 Å². The van der Waals surface area contributed by atoms with E-state index in [0.717, 1.165) is 17.6 Å². The summed E-state index contributed by atoms with van der Waals surface area (Å²) in [4.78, 5) is 4.09. The molecule has 4 nitrogen and oxygen atoms in total. The number of rotatable bonds is 4. The first-order valence-electron chi connectivity index (χ1n) is 5.55. The average molecular weight is 229 g/mol. The molecule has 0 atom stereocenters. The Morgan fingerprint density at radius 2 is 2.29 bits per heavy atom. The molecule has 0 spiro atoms. The van der Waals surface area contributed by atoms with Gasteiger partial charge in [-0.25, -0.2) is 4.98 Å². The second kappa shape index (κ2) is 4.56. The maximum atomic E-state index is 8.51. The standard InChI is InChI=1S/C13H15N3O/c1-13(2,8-15-6-5-14)10-3-4-11-12(7-10)17-9-16-11/h3-4,7,9,15H,6,8H2,1-2H3. The van der Waals surface area contributed by atoms with Gasteiger partial charge >= 0.3 is 0 Å². The number of aromatic nitrogens is 1. The van der Waals surface area contributed by atoms with Crippen molar-refractivity contribution >= 4 is 11.1 Å². The molecule has 0 aliphatic rings. The van der Waals surface area contributed by atoms with Gasteiger partial charge < -0.3 is 9.73 Å².